The van der Waals surface area contributed by atoms with Crippen LogP contribution in [0.1, 0.15) is 11.4 Å². The maximum absolute atomic E-state index is 4.53. The lowest BCUT2D eigenvalue weighted by atomic mass is 10.1. The predicted octanol–water partition coefficient (Wildman–Crippen LogP) is 4.00. The van der Waals surface area contributed by atoms with Crippen molar-refractivity contribution in [3.05, 3.63) is 59.4 Å². The zero-order valence-electron chi connectivity index (χ0n) is 12.6. The first kappa shape index (κ1) is 13.9. The fraction of sp³-hybridized carbons (Fsp3) is 0.118. The molecular formula is C17H15N5S. The number of aromatic amines is 1. The zero-order valence-corrected chi connectivity index (χ0v) is 13.4. The normalized spacial score (nSPS) is 11.0. The SMILES string of the molecule is Cc1cccc2c(NCc3nc(-c4cccs4)n[nH]3)ccnc12. The Labute approximate surface area is 137 Å². The third-order valence-electron chi connectivity index (χ3n) is 3.69. The maximum atomic E-state index is 4.53. The quantitative estimate of drug-likeness (QED) is 0.596. The van der Waals surface area contributed by atoms with Gasteiger partial charge in [0, 0.05) is 17.3 Å². The molecule has 0 amide bonds. The molecule has 0 unspecified atom stereocenters. The molecule has 2 N–H and O–H groups in total. The minimum absolute atomic E-state index is 0.589. The summed E-state index contributed by atoms with van der Waals surface area (Å²) in [6.45, 7) is 2.66. The Balaban J connectivity index is 1.57. The molecule has 23 heavy (non-hydrogen) atoms. The minimum Gasteiger partial charge on any atom is -0.377 e. The summed E-state index contributed by atoms with van der Waals surface area (Å²) in [6, 6.07) is 12.2. The molecule has 0 saturated carbocycles. The van der Waals surface area contributed by atoms with Gasteiger partial charge in [-0.1, -0.05) is 24.3 Å². The van der Waals surface area contributed by atoms with Gasteiger partial charge in [-0.3, -0.25) is 10.1 Å². The van der Waals surface area contributed by atoms with Gasteiger partial charge < -0.3 is 5.32 Å². The zero-order chi connectivity index (χ0) is 15.6. The second-order valence-corrected chi connectivity index (χ2v) is 6.21. The Kier molecular flexibility index (Phi) is 3.51. The van der Waals surface area contributed by atoms with Crippen molar-refractivity contribution in [1.29, 1.82) is 0 Å². The van der Waals surface area contributed by atoms with Crippen molar-refractivity contribution < 1.29 is 0 Å². The van der Waals surface area contributed by atoms with Gasteiger partial charge in [-0.15, -0.1) is 11.3 Å². The summed E-state index contributed by atoms with van der Waals surface area (Å²) in [5, 5.41) is 13.8. The standard InChI is InChI=1S/C17H15N5S/c1-11-4-2-5-12-13(7-8-18-16(11)12)19-10-15-20-17(22-21-15)14-6-3-9-23-14/h2-9H,10H2,1H3,(H,18,19)(H,20,21,22). The largest absolute Gasteiger partial charge is 0.377 e. The molecule has 4 aromatic rings. The van der Waals surface area contributed by atoms with Crippen molar-refractivity contribution in [2.24, 2.45) is 0 Å². The van der Waals surface area contributed by atoms with E-state index in [1.807, 2.05) is 35.8 Å². The van der Waals surface area contributed by atoms with Gasteiger partial charge in [0.05, 0.1) is 16.9 Å². The van der Waals surface area contributed by atoms with E-state index in [2.05, 4.69) is 44.5 Å². The molecule has 0 spiro atoms. The van der Waals surface area contributed by atoms with Gasteiger partial charge >= 0.3 is 0 Å². The van der Waals surface area contributed by atoms with E-state index in [9.17, 15) is 0 Å². The molecule has 3 heterocycles. The first-order valence-corrected chi connectivity index (χ1v) is 8.22. The number of aryl methyl sites for hydroxylation is 1. The van der Waals surface area contributed by atoms with E-state index >= 15 is 0 Å². The lowest BCUT2D eigenvalue weighted by molar-refractivity contribution is 0.956. The van der Waals surface area contributed by atoms with Gasteiger partial charge in [-0.25, -0.2) is 4.98 Å². The number of hydrogen-bond acceptors (Lipinski definition) is 5. The highest BCUT2D eigenvalue weighted by Gasteiger charge is 2.08. The highest BCUT2D eigenvalue weighted by molar-refractivity contribution is 7.13. The van der Waals surface area contributed by atoms with Crippen molar-refractivity contribution in [1.82, 2.24) is 20.2 Å². The van der Waals surface area contributed by atoms with Gasteiger partial charge in [0.25, 0.3) is 0 Å². The summed E-state index contributed by atoms with van der Waals surface area (Å²) < 4.78 is 0. The van der Waals surface area contributed by atoms with Gasteiger partial charge in [-0.2, -0.15) is 5.10 Å². The molecule has 0 aliphatic heterocycles. The van der Waals surface area contributed by atoms with E-state index in [0.29, 0.717) is 6.54 Å². The van der Waals surface area contributed by atoms with Crippen LogP contribution in [0.2, 0.25) is 0 Å². The number of nitrogens with zero attached hydrogens (tertiary/aromatic N) is 3. The summed E-state index contributed by atoms with van der Waals surface area (Å²) in [5.41, 5.74) is 3.24. The van der Waals surface area contributed by atoms with Gasteiger partial charge in [0.2, 0.25) is 0 Å². The third-order valence-corrected chi connectivity index (χ3v) is 4.56. The minimum atomic E-state index is 0.589. The van der Waals surface area contributed by atoms with Crippen molar-refractivity contribution in [3.8, 4) is 10.7 Å². The molecule has 114 valence electrons. The number of benzene rings is 1. The van der Waals surface area contributed by atoms with Gasteiger partial charge in [0.1, 0.15) is 5.82 Å². The number of nitrogens with one attached hydrogen (secondary N) is 2. The van der Waals surface area contributed by atoms with E-state index in [4.69, 9.17) is 0 Å². The summed E-state index contributed by atoms with van der Waals surface area (Å²) >= 11 is 1.63. The summed E-state index contributed by atoms with van der Waals surface area (Å²) in [5.74, 6) is 1.55. The van der Waals surface area contributed by atoms with Crippen LogP contribution in [0.25, 0.3) is 21.6 Å². The molecule has 3 aromatic heterocycles. The topological polar surface area (TPSA) is 66.5 Å². The monoisotopic (exact) mass is 321 g/mol. The van der Waals surface area contributed by atoms with Crippen LogP contribution in [0.4, 0.5) is 5.69 Å². The van der Waals surface area contributed by atoms with E-state index in [-0.39, 0.29) is 0 Å². The Morgan fingerprint density at radius 2 is 2.13 bits per heavy atom. The Bertz CT molecular complexity index is 943. The average molecular weight is 321 g/mol. The smallest absolute Gasteiger partial charge is 0.191 e. The van der Waals surface area contributed by atoms with Crippen LogP contribution in [0.3, 0.4) is 0 Å². The van der Waals surface area contributed by atoms with Crippen LogP contribution >= 0.6 is 11.3 Å². The van der Waals surface area contributed by atoms with Crippen LogP contribution in [0.15, 0.2) is 48.0 Å². The number of pyridine rings is 1. The summed E-state index contributed by atoms with van der Waals surface area (Å²) in [4.78, 5) is 10.1. The fourth-order valence-corrected chi connectivity index (χ4v) is 3.20. The molecule has 0 bridgehead atoms. The number of aromatic nitrogens is 4. The highest BCUT2D eigenvalue weighted by Crippen LogP contribution is 2.24. The Hall–Kier alpha value is -2.73. The number of thiophene rings is 1. The maximum Gasteiger partial charge on any atom is 0.191 e. The van der Waals surface area contributed by atoms with Crippen LogP contribution in [0, 0.1) is 6.92 Å². The Morgan fingerprint density at radius 3 is 3.00 bits per heavy atom. The van der Waals surface area contributed by atoms with Crippen LogP contribution in [-0.4, -0.2) is 20.2 Å². The lowest BCUT2D eigenvalue weighted by Gasteiger charge is -2.09. The molecule has 0 saturated heterocycles. The number of hydrogen-bond donors (Lipinski definition) is 2. The molecule has 0 atom stereocenters. The lowest BCUT2D eigenvalue weighted by Crippen LogP contribution is -2.02. The number of H-pyrrole nitrogens is 1. The molecule has 6 heteroatoms. The molecule has 5 nitrogen and oxygen atoms in total. The second kappa shape index (κ2) is 5.81. The first-order valence-electron chi connectivity index (χ1n) is 7.34. The third kappa shape index (κ3) is 2.68. The van der Waals surface area contributed by atoms with E-state index in [1.54, 1.807) is 11.3 Å². The molecule has 0 aliphatic carbocycles. The van der Waals surface area contributed by atoms with Crippen molar-refractivity contribution in [2.75, 3.05) is 5.32 Å². The van der Waals surface area contributed by atoms with Crippen molar-refractivity contribution in [3.63, 3.8) is 0 Å². The van der Waals surface area contributed by atoms with E-state index in [0.717, 1.165) is 33.1 Å². The summed E-state index contributed by atoms with van der Waals surface area (Å²) in [6.07, 6.45) is 1.83. The average Bonchev–Trinajstić information content (AvgIpc) is 3.25. The fourth-order valence-electron chi connectivity index (χ4n) is 2.55. The first-order chi connectivity index (χ1) is 11.3. The predicted molar refractivity (Wildman–Crippen MR) is 93.5 cm³/mol. The molecule has 0 fully saturated rings. The molecular weight excluding hydrogens is 306 g/mol. The number of anilines is 1. The van der Waals surface area contributed by atoms with E-state index < -0.39 is 0 Å². The highest BCUT2D eigenvalue weighted by atomic mass is 32.1. The molecule has 4 rings (SSSR count). The van der Waals surface area contributed by atoms with Gasteiger partial charge in [0.15, 0.2) is 5.82 Å². The van der Waals surface area contributed by atoms with Crippen LogP contribution in [-0.2, 0) is 6.54 Å². The van der Waals surface area contributed by atoms with Crippen LogP contribution < -0.4 is 5.32 Å². The Morgan fingerprint density at radius 1 is 1.17 bits per heavy atom. The molecule has 0 aliphatic rings. The van der Waals surface area contributed by atoms with Crippen molar-refractivity contribution >= 4 is 27.9 Å². The molecule has 1 aromatic carbocycles. The second-order valence-electron chi connectivity index (χ2n) is 5.27. The molecule has 0 radical (unpaired) electrons. The van der Waals surface area contributed by atoms with Gasteiger partial charge in [-0.05, 0) is 30.0 Å². The van der Waals surface area contributed by atoms with Crippen LogP contribution in [0.5, 0.6) is 0 Å². The van der Waals surface area contributed by atoms with E-state index in [1.165, 1.54) is 5.56 Å². The number of para-hydroxylation sites is 1. The number of rotatable bonds is 4. The van der Waals surface area contributed by atoms with Crippen molar-refractivity contribution in [2.45, 2.75) is 13.5 Å². The number of fused-ring (bicyclic) bond motifs is 1. The summed E-state index contributed by atoms with van der Waals surface area (Å²) in [7, 11) is 0.